The van der Waals surface area contributed by atoms with Gasteiger partial charge in [-0.05, 0) is 27.2 Å². The molecule has 2 aromatic heterocycles. The third-order valence-corrected chi connectivity index (χ3v) is 4.04. The van der Waals surface area contributed by atoms with E-state index in [0.717, 1.165) is 18.7 Å². The average molecular weight is 340 g/mol. The number of anilines is 1. The molecule has 1 aliphatic rings. The second-order valence-electron chi connectivity index (χ2n) is 5.92. The van der Waals surface area contributed by atoms with Crippen LogP contribution in [0.5, 0.6) is 0 Å². The monoisotopic (exact) mass is 340 g/mol. The fourth-order valence-electron chi connectivity index (χ4n) is 2.83. The van der Waals surface area contributed by atoms with Crippen LogP contribution in [0.3, 0.4) is 0 Å². The number of carboxylic acid groups (broad SMARTS) is 1. The van der Waals surface area contributed by atoms with Gasteiger partial charge in [0.05, 0.1) is 0 Å². The number of carbonyl (C=O) groups excluding carboxylic acids is 1. The fraction of sp³-hybridized carbons (Fsp3) is 0.467. The van der Waals surface area contributed by atoms with Crippen LogP contribution < -0.4 is 4.90 Å². The Hall–Kier alpha value is -1.64. The first-order valence-electron chi connectivity index (χ1n) is 7.56. The number of amides is 2. The molecule has 1 fully saturated rings. The standard InChI is InChI=1S/C15H19N5O3.Na/c1-9(2)18-5-4-6-19(15(18)23)11-7-10(3)20-8-16-12(14(21)22)13(20)17-11;/h7-9H,4-6H2,1-3H3,(H,21,22);. The summed E-state index contributed by atoms with van der Waals surface area (Å²) in [5.74, 6) is -0.668. The number of carbonyl (C=O) groups is 2. The minimum Gasteiger partial charge on any atom is -0.476 e. The SMILES string of the molecule is Cc1cc(N2CCCN(C(C)C)C2=O)nc2c(C(=O)O)ncn12.[Na]. The van der Waals surface area contributed by atoms with E-state index in [1.807, 2.05) is 20.8 Å². The number of hydrogen-bond acceptors (Lipinski definition) is 4. The summed E-state index contributed by atoms with van der Waals surface area (Å²) in [7, 11) is 0. The van der Waals surface area contributed by atoms with Gasteiger partial charge in [0.25, 0.3) is 0 Å². The first-order valence-corrected chi connectivity index (χ1v) is 7.56. The van der Waals surface area contributed by atoms with E-state index in [1.54, 1.807) is 20.3 Å². The Bertz CT molecular complexity index is 789. The van der Waals surface area contributed by atoms with Gasteiger partial charge in [0.15, 0.2) is 11.3 Å². The van der Waals surface area contributed by atoms with E-state index < -0.39 is 5.97 Å². The molecule has 1 aliphatic heterocycles. The van der Waals surface area contributed by atoms with Crippen molar-refractivity contribution in [2.75, 3.05) is 18.0 Å². The molecule has 3 heterocycles. The molecule has 1 saturated heterocycles. The number of fused-ring (bicyclic) bond motifs is 1. The molecule has 0 atom stereocenters. The largest absolute Gasteiger partial charge is 0.476 e. The molecular formula is C15H19N5NaO3. The summed E-state index contributed by atoms with van der Waals surface area (Å²) in [6.45, 7) is 7.08. The van der Waals surface area contributed by atoms with Gasteiger partial charge in [-0.3, -0.25) is 9.30 Å². The van der Waals surface area contributed by atoms with Crippen LogP contribution in [0.2, 0.25) is 0 Å². The van der Waals surface area contributed by atoms with E-state index in [2.05, 4.69) is 9.97 Å². The van der Waals surface area contributed by atoms with Crippen molar-refractivity contribution >= 4 is 53.0 Å². The molecule has 1 N–H and O–H groups in total. The molecule has 0 aromatic carbocycles. The van der Waals surface area contributed by atoms with Gasteiger partial charge in [0.2, 0.25) is 0 Å². The van der Waals surface area contributed by atoms with E-state index >= 15 is 0 Å². The number of rotatable bonds is 3. The number of carboxylic acids is 1. The zero-order valence-electron chi connectivity index (χ0n) is 14.4. The van der Waals surface area contributed by atoms with Crippen LogP contribution in [0.25, 0.3) is 5.65 Å². The molecule has 3 rings (SSSR count). The number of aromatic nitrogens is 3. The Morgan fingerprint density at radius 3 is 2.67 bits per heavy atom. The minimum atomic E-state index is -1.13. The molecule has 9 heteroatoms. The number of imidazole rings is 1. The summed E-state index contributed by atoms with van der Waals surface area (Å²) in [5.41, 5.74) is 0.918. The summed E-state index contributed by atoms with van der Waals surface area (Å²) in [5, 5.41) is 9.23. The Labute approximate surface area is 161 Å². The summed E-state index contributed by atoms with van der Waals surface area (Å²) < 4.78 is 1.61. The van der Waals surface area contributed by atoms with E-state index in [1.165, 1.54) is 6.33 Å². The normalized spacial score (nSPS) is 15.1. The number of aromatic carboxylic acids is 1. The van der Waals surface area contributed by atoms with E-state index in [4.69, 9.17) is 0 Å². The molecule has 8 nitrogen and oxygen atoms in total. The molecular weight excluding hydrogens is 321 g/mol. The molecule has 0 bridgehead atoms. The van der Waals surface area contributed by atoms with Crippen molar-refractivity contribution in [1.82, 2.24) is 19.3 Å². The molecule has 0 aliphatic carbocycles. The van der Waals surface area contributed by atoms with Gasteiger partial charge in [-0.25, -0.2) is 19.6 Å². The molecule has 1 radical (unpaired) electrons. The summed E-state index contributed by atoms with van der Waals surface area (Å²) in [6.07, 6.45) is 2.28. The van der Waals surface area contributed by atoms with Gasteiger partial charge < -0.3 is 10.0 Å². The van der Waals surface area contributed by atoms with E-state index in [9.17, 15) is 14.7 Å². The van der Waals surface area contributed by atoms with Gasteiger partial charge >= 0.3 is 12.0 Å². The summed E-state index contributed by atoms with van der Waals surface area (Å²) >= 11 is 0. The Morgan fingerprint density at radius 2 is 2.04 bits per heavy atom. The molecule has 123 valence electrons. The maximum absolute atomic E-state index is 12.6. The Morgan fingerprint density at radius 1 is 1.33 bits per heavy atom. The van der Waals surface area contributed by atoms with Gasteiger partial charge in [0.1, 0.15) is 12.1 Å². The molecule has 0 saturated carbocycles. The number of hydrogen-bond donors (Lipinski definition) is 1. The summed E-state index contributed by atoms with van der Waals surface area (Å²) in [6, 6.07) is 1.79. The summed E-state index contributed by atoms with van der Waals surface area (Å²) in [4.78, 5) is 35.6. The van der Waals surface area contributed by atoms with Crippen LogP contribution in [-0.4, -0.2) is 85.1 Å². The first-order chi connectivity index (χ1) is 10.9. The van der Waals surface area contributed by atoms with Crippen molar-refractivity contribution in [2.45, 2.75) is 33.2 Å². The van der Waals surface area contributed by atoms with E-state index in [-0.39, 0.29) is 53.0 Å². The van der Waals surface area contributed by atoms with Crippen molar-refractivity contribution in [3.05, 3.63) is 23.8 Å². The predicted octanol–water partition coefficient (Wildman–Crippen LogP) is 1.40. The second kappa shape index (κ2) is 7.08. The third kappa shape index (κ3) is 3.13. The number of aryl methyl sites for hydroxylation is 1. The van der Waals surface area contributed by atoms with Gasteiger partial charge in [0, 0.05) is 60.4 Å². The fourth-order valence-corrected chi connectivity index (χ4v) is 2.83. The third-order valence-electron chi connectivity index (χ3n) is 4.04. The first kappa shape index (κ1) is 18.7. The minimum absolute atomic E-state index is 0. The second-order valence-corrected chi connectivity index (χ2v) is 5.92. The van der Waals surface area contributed by atoms with Gasteiger partial charge in [-0.15, -0.1) is 0 Å². The molecule has 24 heavy (non-hydrogen) atoms. The predicted molar refractivity (Wildman–Crippen MR) is 89.6 cm³/mol. The van der Waals surface area contributed by atoms with Crippen molar-refractivity contribution in [1.29, 1.82) is 0 Å². The Kier molecular flexibility index (Phi) is 5.52. The zero-order valence-corrected chi connectivity index (χ0v) is 16.4. The van der Waals surface area contributed by atoms with Crippen LogP contribution in [0.15, 0.2) is 12.4 Å². The maximum Gasteiger partial charge on any atom is 0.358 e. The topological polar surface area (TPSA) is 91.0 Å². The van der Waals surface area contributed by atoms with Crippen molar-refractivity contribution in [3.8, 4) is 0 Å². The maximum atomic E-state index is 12.6. The van der Waals surface area contributed by atoms with Gasteiger partial charge in [-0.1, -0.05) is 0 Å². The average Bonchev–Trinajstić information content (AvgIpc) is 2.91. The van der Waals surface area contributed by atoms with Crippen LogP contribution in [0.4, 0.5) is 10.6 Å². The van der Waals surface area contributed by atoms with Crippen LogP contribution in [0, 0.1) is 6.92 Å². The van der Waals surface area contributed by atoms with Crippen molar-refractivity contribution < 1.29 is 14.7 Å². The van der Waals surface area contributed by atoms with Crippen molar-refractivity contribution in [2.24, 2.45) is 0 Å². The van der Waals surface area contributed by atoms with Crippen molar-refractivity contribution in [3.63, 3.8) is 0 Å². The quantitative estimate of drug-likeness (QED) is 0.853. The zero-order chi connectivity index (χ0) is 16.7. The number of urea groups is 1. The smallest absolute Gasteiger partial charge is 0.358 e. The molecule has 2 aromatic rings. The molecule has 2 amide bonds. The van der Waals surface area contributed by atoms with Crippen LogP contribution in [0.1, 0.15) is 36.5 Å². The number of nitrogens with zero attached hydrogens (tertiary/aromatic N) is 5. The van der Waals surface area contributed by atoms with Crippen LogP contribution in [-0.2, 0) is 0 Å². The van der Waals surface area contributed by atoms with Crippen LogP contribution >= 0.6 is 0 Å². The molecule has 0 spiro atoms. The Balaban J connectivity index is 0.00000208. The molecule has 0 unspecified atom stereocenters. The van der Waals surface area contributed by atoms with Gasteiger partial charge in [-0.2, -0.15) is 0 Å². The van der Waals surface area contributed by atoms with E-state index in [0.29, 0.717) is 12.4 Å².